The number of fused-ring (bicyclic) bond motifs is 1. The van der Waals surface area contributed by atoms with E-state index in [-0.39, 0.29) is 12.2 Å². The third kappa shape index (κ3) is 3.66. The Balaban J connectivity index is 2.39. The van der Waals surface area contributed by atoms with E-state index >= 15 is 0 Å². The monoisotopic (exact) mass is 309 g/mol. The molecule has 0 radical (unpaired) electrons. The third-order valence-electron chi connectivity index (χ3n) is 2.83. The Kier molecular flexibility index (Phi) is 4.69. The van der Waals surface area contributed by atoms with Crippen molar-refractivity contribution in [2.45, 2.75) is 18.1 Å². The number of ether oxygens (including phenoxy) is 1. The van der Waals surface area contributed by atoms with Gasteiger partial charge < -0.3 is 20.1 Å². The molecule has 1 aromatic heterocycles. The van der Waals surface area contributed by atoms with Crippen LogP contribution in [0.25, 0.3) is 11.0 Å². The van der Waals surface area contributed by atoms with Crippen molar-refractivity contribution in [3.63, 3.8) is 0 Å². The number of carbonyl (C=O) groups is 2. The summed E-state index contributed by atoms with van der Waals surface area (Å²) in [6.07, 6.45) is 0.165. The van der Waals surface area contributed by atoms with E-state index in [0.717, 1.165) is 17.3 Å². The Hall–Kier alpha value is -2.22. The zero-order valence-electron chi connectivity index (χ0n) is 11.4. The molecule has 2 aromatic rings. The Labute approximate surface area is 125 Å². The molecule has 0 fully saturated rings. The summed E-state index contributed by atoms with van der Waals surface area (Å²) in [5, 5.41) is 9.33. The van der Waals surface area contributed by atoms with Crippen molar-refractivity contribution in [1.82, 2.24) is 9.55 Å². The molecule has 1 aromatic carbocycles. The minimum absolute atomic E-state index is 0.100. The lowest BCUT2D eigenvalue weighted by Gasteiger charge is -2.07. The smallest absolute Gasteiger partial charge is 0.313 e. The third-order valence-corrected chi connectivity index (χ3v) is 3.79. The molecule has 7 nitrogen and oxygen atoms in total. The molecule has 0 atom stereocenters. The summed E-state index contributed by atoms with van der Waals surface area (Å²) in [4.78, 5) is 26.1. The molecule has 112 valence electrons. The number of methoxy groups -OCH3 is 1. The number of imidazole rings is 1. The fourth-order valence-electron chi connectivity index (χ4n) is 1.89. The molecule has 21 heavy (non-hydrogen) atoms. The van der Waals surface area contributed by atoms with Crippen LogP contribution in [-0.4, -0.2) is 39.4 Å². The predicted molar refractivity (Wildman–Crippen MR) is 78.5 cm³/mol. The van der Waals surface area contributed by atoms with Gasteiger partial charge in [0.2, 0.25) is 5.91 Å². The van der Waals surface area contributed by atoms with Crippen LogP contribution in [-0.2, 0) is 16.1 Å². The van der Waals surface area contributed by atoms with E-state index in [4.69, 9.17) is 15.6 Å². The quantitative estimate of drug-likeness (QED) is 0.741. The number of carboxylic acid groups (broad SMARTS) is 1. The molecule has 0 aliphatic rings. The number of carboxylic acids is 1. The van der Waals surface area contributed by atoms with E-state index in [0.29, 0.717) is 23.0 Å². The summed E-state index contributed by atoms with van der Waals surface area (Å²) in [5.41, 5.74) is 6.67. The Morgan fingerprint density at radius 3 is 2.86 bits per heavy atom. The second-order valence-corrected chi connectivity index (χ2v) is 5.24. The number of hydrogen-bond donors (Lipinski definition) is 2. The van der Waals surface area contributed by atoms with Crippen molar-refractivity contribution in [3.8, 4) is 5.75 Å². The SMILES string of the molecule is COc1ccc2c(c1)nc(SCC(=O)O)n2CCC(N)=O. The summed E-state index contributed by atoms with van der Waals surface area (Å²) in [6, 6.07) is 5.38. The number of thioether (sulfide) groups is 1. The van der Waals surface area contributed by atoms with Gasteiger partial charge in [-0.2, -0.15) is 0 Å². The minimum atomic E-state index is -0.925. The fourth-order valence-corrected chi connectivity index (χ4v) is 2.65. The van der Waals surface area contributed by atoms with Crippen LogP contribution in [0.3, 0.4) is 0 Å². The summed E-state index contributed by atoms with van der Waals surface area (Å²) < 4.78 is 6.94. The van der Waals surface area contributed by atoms with E-state index in [2.05, 4.69) is 4.98 Å². The molecule has 0 saturated heterocycles. The summed E-state index contributed by atoms with van der Waals surface area (Å²) >= 11 is 1.11. The highest BCUT2D eigenvalue weighted by atomic mass is 32.2. The van der Waals surface area contributed by atoms with Crippen molar-refractivity contribution < 1.29 is 19.4 Å². The second kappa shape index (κ2) is 6.49. The van der Waals surface area contributed by atoms with Gasteiger partial charge in [0.25, 0.3) is 0 Å². The molecule has 3 N–H and O–H groups in total. The summed E-state index contributed by atoms with van der Waals surface area (Å²) in [5.74, 6) is -0.778. The van der Waals surface area contributed by atoms with Crippen molar-refractivity contribution >= 4 is 34.7 Å². The molecule has 0 saturated carbocycles. The van der Waals surface area contributed by atoms with Crippen molar-refractivity contribution in [1.29, 1.82) is 0 Å². The molecule has 1 amide bonds. The molecular formula is C13H15N3O4S. The van der Waals surface area contributed by atoms with Crippen LogP contribution in [0.1, 0.15) is 6.42 Å². The molecule has 2 rings (SSSR count). The van der Waals surface area contributed by atoms with E-state index in [1.807, 2.05) is 6.07 Å². The molecule has 0 unspecified atom stereocenters. The number of benzene rings is 1. The maximum Gasteiger partial charge on any atom is 0.313 e. The van der Waals surface area contributed by atoms with Gasteiger partial charge in [-0.25, -0.2) is 4.98 Å². The highest BCUT2D eigenvalue weighted by molar-refractivity contribution is 7.99. The number of aryl methyl sites for hydroxylation is 1. The molecule has 0 aliphatic carbocycles. The maximum absolute atomic E-state index is 11.0. The largest absolute Gasteiger partial charge is 0.497 e. The van der Waals surface area contributed by atoms with Gasteiger partial charge in [-0.15, -0.1) is 0 Å². The number of aromatic nitrogens is 2. The van der Waals surface area contributed by atoms with Gasteiger partial charge in [0, 0.05) is 19.0 Å². The van der Waals surface area contributed by atoms with Gasteiger partial charge in [0.15, 0.2) is 5.16 Å². The number of hydrogen-bond acceptors (Lipinski definition) is 5. The normalized spacial score (nSPS) is 10.7. The van der Waals surface area contributed by atoms with Gasteiger partial charge in [0.05, 0.1) is 23.9 Å². The van der Waals surface area contributed by atoms with Crippen LogP contribution in [0.4, 0.5) is 0 Å². The van der Waals surface area contributed by atoms with E-state index in [1.54, 1.807) is 23.8 Å². The fraction of sp³-hybridized carbons (Fsp3) is 0.308. The Morgan fingerprint density at radius 1 is 1.48 bits per heavy atom. The number of aliphatic carboxylic acids is 1. The van der Waals surface area contributed by atoms with Gasteiger partial charge in [0.1, 0.15) is 5.75 Å². The van der Waals surface area contributed by atoms with Crippen LogP contribution in [0, 0.1) is 0 Å². The molecule has 0 bridgehead atoms. The molecule has 0 aliphatic heterocycles. The van der Waals surface area contributed by atoms with Crippen molar-refractivity contribution in [3.05, 3.63) is 18.2 Å². The lowest BCUT2D eigenvalue weighted by Crippen LogP contribution is -2.14. The number of nitrogens with zero attached hydrogens (tertiary/aromatic N) is 2. The van der Waals surface area contributed by atoms with Crippen LogP contribution >= 0.6 is 11.8 Å². The molecule has 1 heterocycles. The van der Waals surface area contributed by atoms with Crippen molar-refractivity contribution in [2.24, 2.45) is 5.73 Å². The first-order valence-electron chi connectivity index (χ1n) is 6.18. The first-order valence-corrected chi connectivity index (χ1v) is 7.17. The topological polar surface area (TPSA) is 107 Å². The highest BCUT2D eigenvalue weighted by Gasteiger charge is 2.14. The Morgan fingerprint density at radius 2 is 2.24 bits per heavy atom. The van der Waals surface area contributed by atoms with E-state index in [1.165, 1.54) is 0 Å². The zero-order chi connectivity index (χ0) is 15.4. The second-order valence-electron chi connectivity index (χ2n) is 4.30. The first kappa shape index (κ1) is 15.2. The number of primary amides is 1. The average molecular weight is 309 g/mol. The van der Waals surface area contributed by atoms with Crippen LogP contribution in [0.15, 0.2) is 23.4 Å². The summed E-state index contributed by atoms with van der Waals surface area (Å²) in [6.45, 7) is 0.361. The first-order chi connectivity index (χ1) is 10.0. The number of nitrogens with two attached hydrogens (primary N) is 1. The van der Waals surface area contributed by atoms with Crippen molar-refractivity contribution in [2.75, 3.05) is 12.9 Å². The van der Waals surface area contributed by atoms with Gasteiger partial charge in [-0.05, 0) is 12.1 Å². The standard InChI is InChI=1S/C13H15N3O4S/c1-20-8-2-3-10-9(6-8)15-13(21-7-12(18)19)16(10)5-4-11(14)17/h2-3,6H,4-5,7H2,1H3,(H2,14,17)(H,18,19). The van der Waals surface area contributed by atoms with E-state index < -0.39 is 11.9 Å². The minimum Gasteiger partial charge on any atom is -0.497 e. The Bertz CT molecular complexity index is 683. The highest BCUT2D eigenvalue weighted by Crippen LogP contribution is 2.27. The van der Waals surface area contributed by atoms with Crippen LogP contribution in [0.5, 0.6) is 5.75 Å². The molecule has 0 spiro atoms. The number of amides is 1. The lowest BCUT2D eigenvalue weighted by molar-refractivity contribution is -0.134. The molecule has 8 heteroatoms. The lowest BCUT2D eigenvalue weighted by atomic mass is 10.3. The van der Waals surface area contributed by atoms with Gasteiger partial charge in [-0.1, -0.05) is 11.8 Å². The number of rotatable bonds is 7. The van der Waals surface area contributed by atoms with Gasteiger partial charge in [-0.3, -0.25) is 9.59 Å². The van der Waals surface area contributed by atoms with Crippen LogP contribution < -0.4 is 10.5 Å². The predicted octanol–water partition coefficient (Wildman–Crippen LogP) is 1.10. The average Bonchev–Trinajstić information content (AvgIpc) is 2.79. The van der Waals surface area contributed by atoms with Gasteiger partial charge >= 0.3 is 5.97 Å². The summed E-state index contributed by atoms with van der Waals surface area (Å²) in [7, 11) is 1.56. The molecular weight excluding hydrogens is 294 g/mol. The number of carbonyl (C=O) groups excluding carboxylic acids is 1. The van der Waals surface area contributed by atoms with Crippen LogP contribution in [0.2, 0.25) is 0 Å². The zero-order valence-corrected chi connectivity index (χ0v) is 12.2. The maximum atomic E-state index is 11.0. The van der Waals surface area contributed by atoms with E-state index in [9.17, 15) is 9.59 Å².